The zero-order valence-corrected chi connectivity index (χ0v) is 13.2. The van der Waals surface area contributed by atoms with Crippen molar-refractivity contribution >= 4 is 5.91 Å². The fourth-order valence-corrected chi connectivity index (χ4v) is 2.77. The summed E-state index contributed by atoms with van der Waals surface area (Å²) in [7, 11) is 0. The number of halogens is 1. The maximum absolute atomic E-state index is 12.8. The average Bonchev–Trinajstić information content (AvgIpc) is 3.02. The monoisotopic (exact) mass is 334 g/mol. The van der Waals surface area contributed by atoms with Gasteiger partial charge in [-0.25, -0.2) is 4.39 Å². The number of likely N-dealkylation sites (tertiary alicyclic amines) is 1. The first-order valence-electron chi connectivity index (χ1n) is 7.85. The van der Waals surface area contributed by atoms with Crippen LogP contribution in [-0.2, 0) is 17.9 Å². The molecule has 8 heteroatoms. The second-order valence-corrected chi connectivity index (χ2v) is 5.73. The van der Waals surface area contributed by atoms with Gasteiger partial charge in [-0.3, -0.25) is 9.69 Å². The summed E-state index contributed by atoms with van der Waals surface area (Å²) in [5.41, 5.74) is 5.45. The lowest BCUT2D eigenvalue weighted by molar-refractivity contribution is -0.124. The van der Waals surface area contributed by atoms with Crippen LogP contribution in [0.3, 0.4) is 0 Å². The minimum absolute atomic E-state index is 0.119. The minimum Gasteiger partial charge on any atom is -0.485 e. The Labute approximate surface area is 138 Å². The largest absolute Gasteiger partial charge is 0.485 e. The molecule has 7 nitrogen and oxygen atoms in total. The number of carbonyl (C=O) groups excluding carboxylic acids is 1. The first-order valence-corrected chi connectivity index (χ1v) is 7.85. The molecule has 0 spiro atoms. The molecule has 128 valence electrons. The molecule has 0 bridgehead atoms. The molecule has 0 saturated carbocycles. The predicted octanol–water partition coefficient (Wildman–Crippen LogP) is 1.63. The Balaban J connectivity index is 1.56. The number of carbonyl (C=O) groups is 1. The second-order valence-electron chi connectivity index (χ2n) is 5.73. The Morgan fingerprint density at radius 3 is 2.92 bits per heavy atom. The van der Waals surface area contributed by atoms with Gasteiger partial charge in [-0.15, -0.1) is 0 Å². The van der Waals surface area contributed by atoms with Crippen LogP contribution >= 0.6 is 0 Å². The molecule has 0 radical (unpaired) electrons. The fraction of sp³-hybridized carbons (Fsp3) is 0.438. The fourth-order valence-electron chi connectivity index (χ4n) is 2.77. The molecule has 1 aromatic heterocycles. The van der Waals surface area contributed by atoms with Gasteiger partial charge in [-0.05, 0) is 43.7 Å². The molecule has 2 N–H and O–H groups in total. The minimum atomic E-state index is -0.325. The van der Waals surface area contributed by atoms with E-state index in [2.05, 4.69) is 10.1 Å². The first kappa shape index (κ1) is 16.4. The highest BCUT2D eigenvalue weighted by molar-refractivity contribution is 5.79. The summed E-state index contributed by atoms with van der Waals surface area (Å²) in [6.07, 6.45) is 2.76. The topological polar surface area (TPSA) is 94.5 Å². The lowest BCUT2D eigenvalue weighted by atomic mass is 10.0. The third-order valence-corrected chi connectivity index (χ3v) is 3.97. The Kier molecular flexibility index (Phi) is 5.05. The second kappa shape index (κ2) is 7.39. The maximum Gasteiger partial charge on any atom is 0.240 e. The predicted molar refractivity (Wildman–Crippen MR) is 82.3 cm³/mol. The number of ether oxygens (including phenoxy) is 1. The Morgan fingerprint density at radius 2 is 2.17 bits per heavy atom. The van der Waals surface area contributed by atoms with Crippen LogP contribution in [0.4, 0.5) is 4.39 Å². The molecule has 1 amide bonds. The Hall–Kier alpha value is -2.48. The highest BCUT2D eigenvalue weighted by atomic mass is 19.1. The van der Waals surface area contributed by atoms with Crippen LogP contribution < -0.4 is 10.5 Å². The molecule has 0 unspecified atom stereocenters. The standard InChI is InChI=1S/C16H19FN4O3/c17-11-4-6-12(7-5-11)23-10-14-19-15(24-20-14)9-21-8-2-1-3-13(21)16(18)22/h4-7,13H,1-3,8-10H2,(H2,18,22)/t13-/m0/s1. The summed E-state index contributed by atoms with van der Waals surface area (Å²) in [6.45, 7) is 1.28. The summed E-state index contributed by atoms with van der Waals surface area (Å²) < 4.78 is 23.5. The Bertz CT molecular complexity index is 689. The number of aromatic nitrogens is 2. The molecular weight excluding hydrogens is 315 g/mol. The first-order chi connectivity index (χ1) is 11.6. The molecule has 24 heavy (non-hydrogen) atoms. The van der Waals surface area contributed by atoms with Crippen molar-refractivity contribution in [2.75, 3.05) is 6.54 Å². The number of hydrogen-bond acceptors (Lipinski definition) is 6. The molecule has 1 aliphatic rings. The maximum atomic E-state index is 12.8. The molecule has 2 heterocycles. The van der Waals surface area contributed by atoms with Gasteiger partial charge in [-0.2, -0.15) is 4.98 Å². The lowest BCUT2D eigenvalue weighted by Gasteiger charge is -2.32. The molecular formula is C16H19FN4O3. The van der Waals surface area contributed by atoms with E-state index in [0.29, 0.717) is 24.0 Å². The van der Waals surface area contributed by atoms with Crippen LogP contribution in [0.1, 0.15) is 31.0 Å². The van der Waals surface area contributed by atoms with Crippen molar-refractivity contribution in [2.45, 2.75) is 38.5 Å². The number of piperidine rings is 1. The zero-order valence-electron chi connectivity index (χ0n) is 13.2. The summed E-state index contributed by atoms with van der Waals surface area (Å²) >= 11 is 0. The van der Waals surface area contributed by atoms with Gasteiger partial charge in [0.15, 0.2) is 6.61 Å². The summed E-state index contributed by atoms with van der Waals surface area (Å²) in [5.74, 6) is 0.680. The number of amides is 1. The SMILES string of the molecule is NC(=O)[C@@H]1CCCCN1Cc1nc(COc2ccc(F)cc2)no1. The third-order valence-electron chi connectivity index (χ3n) is 3.97. The average molecular weight is 334 g/mol. The van der Waals surface area contributed by atoms with Gasteiger partial charge in [0.25, 0.3) is 0 Å². The quantitative estimate of drug-likeness (QED) is 0.863. The van der Waals surface area contributed by atoms with Gasteiger partial charge >= 0.3 is 0 Å². The van der Waals surface area contributed by atoms with Crippen LogP contribution in [0.25, 0.3) is 0 Å². The number of nitrogens with zero attached hydrogens (tertiary/aromatic N) is 3. The van der Waals surface area contributed by atoms with E-state index in [1.54, 1.807) is 0 Å². The highest BCUT2D eigenvalue weighted by Crippen LogP contribution is 2.19. The molecule has 1 fully saturated rings. The van der Waals surface area contributed by atoms with E-state index in [1.807, 2.05) is 4.90 Å². The summed E-state index contributed by atoms with van der Waals surface area (Å²) in [5, 5.41) is 3.86. The Morgan fingerprint density at radius 1 is 1.38 bits per heavy atom. The van der Waals surface area contributed by atoms with E-state index in [9.17, 15) is 9.18 Å². The molecule has 1 atom stereocenters. The van der Waals surface area contributed by atoms with E-state index in [0.717, 1.165) is 25.8 Å². The van der Waals surface area contributed by atoms with Crippen LogP contribution in [0.15, 0.2) is 28.8 Å². The molecule has 2 aromatic rings. The van der Waals surface area contributed by atoms with Gasteiger partial charge in [-0.1, -0.05) is 11.6 Å². The van der Waals surface area contributed by atoms with Gasteiger partial charge in [0.2, 0.25) is 17.6 Å². The zero-order chi connectivity index (χ0) is 16.9. The van der Waals surface area contributed by atoms with Crippen LogP contribution in [0, 0.1) is 5.82 Å². The smallest absolute Gasteiger partial charge is 0.240 e. The summed E-state index contributed by atoms with van der Waals surface area (Å²) in [6, 6.07) is 5.40. The highest BCUT2D eigenvalue weighted by Gasteiger charge is 2.28. The number of rotatable bonds is 6. The van der Waals surface area contributed by atoms with Crippen molar-refractivity contribution in [3.05, 3.63) is 41.8 Å². The lowest BCUT2D eigenvalue weighted by Crippen LogP contribution is -2.47. The van der Waals surface area contributed by atoms with E-state index in [4.69, 9.17) is 15.0 Å². The van der Waals surface area contributed by atoms with Gasteiger partial charge in [0, 0.05) is 0 Å². The number of benzene rings is 1. The van der Waals surface area contributed by atoms with E-state index in [1.165, 1.54) is 24.3 Å². The number of hydrogen-bond donors (Lipinski definition) is 1. The molecule has 3 rings (SSSR count). The normalized spacial score (nSPS) is 18.5. The molecule has 0 aliphatic carbocycles. The molecule has 1 aromatic carbocycles. The van der Waals surface area contributed by atoms with Crippen molar-refractivity contribution in [1.29, 1.82) is 0 Å². The van der Waals surface area contributed by atoms with Crippen molar-refractivity contribution in [2.24, 2.45) is 5.73 Å². The number of nitrogens with two attached hydrogens (primary N) is 1. The van der Waals surface area contributed by atoms with Crippen molar-refractivity contribution < 1.29 is 18.4 Å². The third kappa shape index (κ3) is 4.08. The molecule has 1 saturated heterocycles. The van der Waals surface area contributed by atoms with Gasteiger partial charge < -0.3 is 15.0 Å². The summed E-state index contributed by atoms with van der Waals surface area (Å²) in [4.78, 5) is 17.7. The van der Waals surface area contributed by atoms with Crippen molar-refractivity contribution in [1.82, 2.24) is 15.0 Å². The van der Waals surface area contributed by atoms with E-state index in [-0.39, 0.29) is 24.4 Å². The van der Waals surface area contributed by atoms with Gasteiger partial charge in [0.1, 0.15) is 11.6 Å². The van der Waals surface area contributed by atoms with Crippen LogP contribution in [0.2, 0.25) is 0 Å². The van der Waals surface area contributed by atoms with E-state index >= 15 is 0 Å². The van der Waals surface area contributed by atoms with Crippen molar-refractivity contribution in [3.63, 3.8) is 0 Å². The number of primary amides is 1. The molecule has 1 aliphatic heterocycles. The van der Waals surface area contributed by atoms with Crippen molar-refractivity contribution in [3.8, 4) is 5.75 Å². The van der Waals surface area contributed by atoms with Crippen LogP contribution in [0.5, 0.6) is 5.75 Å². The van der Waals surface area contributed by atoms with Gasteiger partial charge in [0.05, 0.1) is 12.6 Å². The van der Waals surface area contributed by atoms with E-state index < -0.39 is 0 Å². The van der Waals surface area contributed by atoms with Crippen LogP contribution in [-0.4, -0.2) is 33.5 Å².